The van der Waals surface area contributed by atoms with E-state index in [-0.39, 0.29) is 0 Å². The molecule has 2 nitrogen and oxygen atoms in total. The maximum atomic E-state index is 5.87. The Bertz CT molecular complexity index is 511. The summed E-state index contributed by atoms with van der Waals surface area (Å²) in [5, 5.41) is 1.03. The van der Waals surface area contributed by atoms with Crippen LogP contribution in [0.2, 0.25) is 10.0 Å². The SMILES string of the molecule is ClCc1ccnc(Oc2cc(Cl)cc(Cl)c2)c1. The molecule has 88 valence electrons. The molecule has 0 amide bonds. The first-order chi connectivity index (χ1) is 8.17. The Kier molecular flexibility index (Phi) is 4.11. The largest absolute Gasteiger partial charge is 0.439 e. The van der Waals surface area contributed by atoms with Crippen molar-refractivity contribution in [3.8, 4) is 11.6 Å². The predicted octanol–water partition coefficient (Wildman–Crippen LogP) is 4.92. The Morgan fingerprint density at radius 1 is 1.06 bits per heavy atom. The second-order valence-electron chi connectivity index (χ2n) is 3.34. The molecule has 0 saturated heterocycles. The van der Waals surface area contributed by atoms with Crippen LogP contribution in [0.3, 0.4) is 0 Å². The van der Waals surface area contributed by atoms with E-state index >= 15 is 0 Å². The summed E-state index contributed by atoms with van der Waals surface area (Å²) in [6, 6.07) is 8.57. The molecule has 0 spiro atoms. The van der Waals surface area contributed by atoms with Gasteiger partial charge in [0.25, 0.3) is 0 Å². The van der Waals surface area contributed by atoms with Gasteiger partial charge in [-0.3, -0.25) is 0 Å². The number of hydrogen-bond acceptors (Lipinski definition) is 2. The van der Waals surface area contributed by atoms with Gasteiger partial charge in [-0.2, -0.15) is 0 Å². The average molecular weight is 289 g/mol. The van der Waals surface area contributed by atoms with Gasteiger partial charge in [-0.05, 0) is 29.8 Å². The van der Waals surface area contributed by atoms with Gasteiger partial charge in [-0.25, -0.2) is 4.98 Å². The molecule has 0 bridgehead atoms. The summed E-state index contributed by atoms with van der Waals surface area (Å²) < 4.78 is 5.54. The Balaban J connectivity index is 2.24. The van der Waals surface area contributed by atoms with Gasteiger partial charge < -0.3 is 4.74 Å². The lowest BCUT2D eigenvalue weighted by atomic mass is 10.3. The number of rotatable bonds is 3. The molecule has 1 aromatic carbocycles. The van der Waals surface area contributed by atoms with E-state index in [2.05, 4.69) is 4.98 Å². The van der Waals surface area contributed by atoms with Crippen LogP contribution in [-0.2, 0) is 5.88 Å². The van der Waals surface area contributed by atoms with Gasteiger partial charge in [0, 0.05) is 28.2 Å². The van der Waals surface area contributed by atoms with Crippen molar-refractivity contribution < 1.29 is 4.74 Å². The summed E-state index contributed by atoms with van der Waals surface area (Å²) in [7, 11) is 0. The zero-order valence-corrected chi connectivity index (χ0v) is 10.9. The lowest BCUT2D eigenvalue weighted by Gasteiger charge is -2.06. The van der Waals surface area contributed by atoms with Crippen molar-refractivity contribution in [3.05, 3.63) is 52.1 Å². The molecule has 0 atom stereocenters. The summed E-state index contributed by atoms with van der Waals surface area (Å²) >= 11 is 17.5. The zero-order valence-electron chi connectivity index (χ0n) is 8.66. The van der Waals surface area contributed by atoms with Gasteiger partial charge in [-0.15, -0.1) is 11.6 Å². The maximum Gasteiger partial charge on any atom is 0.219 e. The number of alkyl halides is 1. The molecular formula is C12H8Cl3NO. The number of halogens is 3. The fourth-order valence-electron chi connectivity index (χ4n) is 1.30. The van der Waals surface area contributed by atoms with Crippen LogP contribution in [-0.4, -0.2) is 4.98 Å². The van der Waals surface area contributed by atoms with Gasteiger partial charge in [0.2, 0.25) is 5.88 Å². The standard InChI is InChI=1S/C12H8Cl3NO/c13-7-8-1-2-16-12(3-8)17-11-5-9(14)4-10(15)6-11/h1-6H,7H2. The van der Waals surface area contributed by atoms with E-state index in [0.29, 0.717) is 27.6 Å². The van der Waals surface area contributed by atoms with Crippen molar-refractivity contribution in [3.63, 3.8) is 0 Å². The summed E-state index contributed by atoms with van der Waals surface area (Å²) in [6.45, 7) is 0. The van der Waals surface area contributed by atoms with Crippen molar-refractivity contribution in [2.75, 3.05) is 0 Å². The van der Waals surface area contributed by atoms with Crippen LogP contribution < -0.4 is 4.74 Å². The molecule has 0 saturated carbocycles. The highest BCUT2D eigenvalue weighted by Crippen LogP contribution is 2.27. The van der Waals surface area contributed by atoms with Gasteiger partial charge in [0.15, 0.2) is 0 Å². The minimum Gasteiger partial charge on any atom is -0.439 e. The fourth-order valence-corrected chi connectivity index (χ4v) is 1.97. The molecular weight excluding hydrogens is 280 g/mol. The Labute approximate surface area is 114 Å². The van der Waals surface area contributed by atoms with Crippen LogP contribution in [0.5, 0.6) is 11.6 Å². The molecule has 0 fully saturated rings. The van der Waals surface area contributed by atoms with Crippen molar-refractivity contribution in [2.45, 2.75) is 5.88 Å². The highest BCUT2D eigenvalue weighted by molar-refractivity contribution is 6.34. The van der Waals surface area contributed by atoms with Crippen LogP contribution >= 0.6 is 34.8 Å². The zero-order chi connectivity index (χ0) is 12.3. The number of benzene rings is 1. The molecule has 0 N–H and O–H groups in total. The summed E-state index contributed by atoms with van der Waals surface area (Å²) in [5.74, 6) is 1.41. The number of nitrogens with zero attached hydrogens (tertiary/aromatic N) is 1. The van der Waals surface area contributed by atoms with E-state index in [0.717, 1.165) is 5.56 Å². The Morgan fingerprint density at radius 3 is 2.41 bits per heavy atom. The summed E-state index contributed by atoms with van der Waals surface area (Å²) in [4.78, 5) is 4.07. The molecule has 0 aliphatic rings. The van der Waals surface area contributed by atoms with E-state index in [1.807, 2.05) is 6.07 Å². The molecule has 0 unspecified atom stereocenters. The second-order valence-corrected chi connectivity index (χ2v) is 4.48. The molecule has 0 aliphatic carbocycles. The first kappa shape index (κ1) is 12.5. The van der Waals surface area contributed by atoms with E-state index < -0.39 is 0 Å². The van der Waals surface area contributed by atoms with E-state index in [9.17, 15) is 0 Å². The van der Waals surface area contributed by atoms with Gasteiger partial charge >= 0.3 is 0 Å². The quantitative estimate of drug-likeness (QED) is 0.748. The highest BCUT2D eigenvalue weighted by Gasteiger charge is 2.03. The van der Waals surface area contributed by atoms with Crippen LogP contribution in [0, 0.1) is 0 Å². The third-order valence-corrected chi connectivity index (χ3v) is 2.76. The first-order valence-electron chi connectivity index (χ1n) is 4.82. The molecule has 1 heterocycles. The van der Waals surface area contributed by atoms with Gasteiger partial charge in [0.1, 0.15) is 5.75 Å². The third kappa shape index (κ3) is 3.50. The topological polar surface area (TPSA) is 22.1 Å². The molecule has 0 aliphatic heterocycles. The molecule has 5 heteroatoms. The molecule has 17 heavy (non-hydrogen) atoms. The number of aromatic nitrogens is 1. The van der Waals surface area contributed by atoms with Crippen molar-refractivity contribution in [1.29, 1.82) is 0 Å². The average Bonchev–Trinajstić information content (AvgIpc) is 2.28. The first-order valence-corrected chi connectivity index (χ1v) is 6.11. The van der Waals surface area contributed by atoms with Crippen LogP contribution in [0.1, 0.15) is 5.56 Å². The van der Waals surface area contributed by atoms with E-state index in [1.165, 1.54) is 0 Å². The Hall–Kier alpha value is -0.960. The van der Waals surface area contributed by atoms with Gasteiger partial charge in [-0.1, -0.05) is 23.2 Å². The summed E-state index contributed by atoms with van der Waals surface area (Å²) in [5.41, 5.74) is 0.935. The van der Waals surface area contributed by atoms with Crippen LogP contribution in [0.25, 0.3) is 0 Å². The van der Waals surface area contributed by atoms with Crippen molar-refractivity contribution >= 4 is 34.8 Å². The van der Waals surface area contributed by atoms with E-state index in [4.69, 9.17) is 39.5 Å². The van der Waals surface area contributed by atoms with Crippen molar-refractivity contribution in [1.82, 2.24) is 4.98 Å². The lowest BCUT2D eigenvalue weighted by molar-refractivity contribution is 0.462. The molecule has 2 aromatic rings. The maximum absolute atomic E-state index is 5.87. The van der Waals surface area contributed by atoms with Gasteiger partial charge in [0.05, 0.1) is 0 Å². The fraction of sp³-hybridized carbons (Fsp3) is 0.0833. The normalized spacial score (nSPS) is 10.3. The number of pyridine rings is 1. The number of ether oxygens (including phenoxy) is 1. The smallest absolute Gasteiger partial charge is 0.219 e. The molecule has 0 radical (unpaired) electrons. The Morgan fingerprint density at radius 2 is 1.76 bits per heavy atom. The van der Waals surface area contributed by atoms with Crippen LogP contribution in [0.4, 0.5) is 0 Å². The number of hydrogen-bond donors (Lipinski definition) is 0. The molecule has 1 aromatic heterocycles. The third-order valence-electron chi connectivity index (χ3n) is 2.01. The summed E-state index contributed by atoms with van der Waals surface area (Å²) in [6.07, 6.45) is 1.64. The lowest BCUT2D eigenvalue weighted by Crippen LogP contribution is -1.89. The predicted molar refractivity (Wildman–Crippen MR) is 70.3 cm³/mol. The minimum absolute atomic E-state index is 0.412. The second kappa shape index (κ2) is 5.58. The minimum atomic E-state index is 0.412. The molecule has 2 rings (SSSR count). The monoisotopic (exact) mass is 287 g/mol. The van der Waals surface area contributed by atoms with E-state index in [1.54, 1.807) is 30.5 Å². The van der Waals surface area contributed by atoms with Crippen molar-refractivity contribution in [2.24, 2.45) is 0 Å². The van der Waals surface area contributed by atoms with Crippen LogP contribution in [0.15, 0.2) is 36.5 Å². The highest BCUT2D eigenvalue weighted by atomic mass is 35.5.